The van der Waals surface area contributed by atoms with E-state index in [4.69, 9.17) is 21.2 Å². The van der Waals surface area contributed by atoms with Gasteiger partial charge in [-0.2, -0.15) is 26.3 Å². The molecule has 1 saturated heterocycles. The van der Waals surface area contributed by atoms with Crippen molar-refractivity contribution in [1.29, 1.82) is 0 Å². The maximum atomic E-state index is 14.6. The Hall–Kier alpha value is -2.86. The Morgan fingerprint density at radius 3 is 2.28 bits per heavy atom. The second-order valence-electron chi connectivity index (χ2n) is 10.2. The third-order valence-electron chi connectivity index (χ3n) is 7.17. The molecule has 1 aliphatic heterocycles. The van der Waals surface area contributed by atoms with Gasteiger partial charge in [0.05, 0.1) is 29.5 Å². The number of oxime groups is 1. The lowest BCUT2D eigenvalue weighted by molar-refractivity contribution is -0.279. The van der Waals surface area contributed by atoms with Crippen LogP contribution in [-0.4, -0.2) is 37.1 Å². The van der Waals surface area contributed by atoms with Crippen LogP contribution in [0.5, 0.6) is 0 Å². The van der Waals surface area contributed by atoms with E-state index in [1.54, 1.807) is 6.92 Å². The van der Waals surface area contributed by atoms with Crippen molar-refractivity contribution in [3.05, 3.63) is 69.0 Å². The molecule has 0 bridgehead atoms. The van der Waals surface area contributed by atoms with Gasteiger partial charge >= 0.3 is 12.4 Å². The summed E-state index contributed by atoms with van der Waals surface area (Å²) in [5, 5.41) is 5.28. The van der Waals surface area contributed by atoms with Crippen molar-refractivity contribution in [3.8, 4) is 0 Å². The third kappa shape index (κ3) is 5.58. The van der Waals surface area contributed by atoms with Gasteiger partial charge in [-0.1, -0.05) is 22.8 Å². The predicted molar refractivity (Wildman–Crippen MR) is 128 cm³/mol. The monoisotopic (exact) mass is 580 g/mol. The SMILES string of the molecule is C/C(=N\OC(C)(c1cc(C(F)(F)F)cc(Cl)c1F)C(F)(F)F)c1ccc(C(=O)NC2CC3(COC3)C2)c(C)c1. The van der Waals surface area contributed by atoms with Crippen molar-refractivity contribution in [2.45, 2.75) is 57.6 Å². The number of halogens is 8. The predicted octanol–water partition coefficient (Wildman–Crippen LogP) is 6.93. The first-order valence-corrected chi connectivity index (χ1v) is 12.2. The number of hydrogen-bond acceptors (Lipinski definition) is 4. The van der Waals surface area contributed by atoms with Gasteiger partial charge in [0.2, 0.25) is 0 Å². The van der Waals surface area contributed by atoms with Gasteiger partial charge in [-0.3, -0.25) is 4.79 Å². The summed E-state index contributed by atoms with van der Waals surface area (Å²) < 4.78 is 102. The van der Waals surface area contributed by atoms with Crippen molar-refractivity contribution in [2.75, 3.05) is 13.2 Å². The molecule has 2 fully saturated rings. The number of benzene rings is 2. The molecule has 2 aliphatic rings. The maximum Gasteiger partial charge on any atom is 0.435 e. The van der Waals surface area contributed by atoms with Crippen LogP contribution < -0.4 is 5.32 Å². The quantitative estimate of drug-likeness (QED) is 0.229. The van der Waals surface area contributed by atoms with E-state index in [-0.39, 0.29) is 40.8 Å². The van der Waals surface area contributed by atoms with E-state index in [1.165, 1.54) is 25.1 Å². The summed E-state index contributed by atoms with van der Waals surface area (Å²) in [6, 6.07) is 4.65. The Morgan fingerprint density at radius 2 is 1.77 bits per heavy atom. The summed E-state index contributed by atoms with van der Waals surface area (Å²) in [6.45, 7) is 4.67. The summed E-state index contributed by atoms with van der Waals surface area (Å²) in [4.78, 5) is 17.4. The number of ether oxygens (including phenoxy) is 1. The number of alkyl halides is 6. The molecule has 1 N–H and O–H groups in total. The van der Waals surface area contributed by atoms with Gasteiger partial charge in [-0.15, -0.1) is 0 Å². The molecule has 13 heteroatoms. The molecule has 1 saturated carbocycles. The fraction of sp³-hybridized carbons (Fsp3) is 0.462. The van der Waals surface area contributed by atoms with Crippen molar-refractivity contribution < 1.29 is 45.1 Å². The summed E-state index contributed by atoms with van der Waals surface area (Å²) in [5.74, 6) is -2.02. The van der Waals surface area contributed by atoms with Crippen LogP contribution in [0.1, 0.15) is 59.3 Å². The van der Waals surface area contributed by atoms with Gasteiger partial charge < -0.3 is 14.9 Å². The van der Waals surface area contributed by atoms with Crippen LogP contribution in [0.4, 0.5) is 30.7 Å². The summed E-state index contributed by atoms with van der Waals surface area (Å²) in [7, 11) is 0. The fourth-order valence-electron chi connectivity index (χ4n) is 4.69. The van der Waals surface area contributed by atoms with Crippen LogP contribution in [0, 0.1) is 18.2 Å². The maximum absolute atomic E-state index is 14.6. The Bertz CT molecular complexity index is 1310. The molecule has 39 heavy (non-hydrogen) atoms. The van der Waals surface area contributed by atoms with E-state index in [9.17, 15) is 35.5 Å². The zero-order chi connectivity index (χ0) is 29.0. The molecule has 2 aromatic carbocycles. The van der Waals surface area contributed by atoms with Crippen molar-refractivity contribution in [1.82, 2.24) is 5.32 Å². The first-order valence-electron chi connectivity index (χ1n) is 11.8. The highest BCUT2D eigenvalue weighted by atomic mass is 35.5. The lowest BCUT2D eigenvalue weighted by atomic mass is 9.64. The molecule has 1 spiro atoms. The molecule has 4 rings (SSSR count). The third-order valence-corrected chi connectivity index (χ3v) is 7.45. The van der Waals surface area contributed by atoms with Gasteiger partial charge in [0.1, 0.15) is 5.82 Å². The van der Waals surface area contributed by atoms with Crippen molar-refractivity contribution in [2.24, 2.45) is 10.6 Å². The lowest BCUT2D eigenvalue weighted by Crippen LogP contribution is -2.59. The van der Waals surface area contributed by atoms with Crippen LogP contribution in [0.15, 0.2) is 35.5 Å². The molecular formula is C26H24ClF7N2O3. The lowest BCUT2D eigenvalue weighted by Gasteiger charge is -2.53. The number of carbonyl (C=O) groups is 1. The summed E-state index contributed by atoms with van der Waals surface area (Å²) >= 11 is 5.49. The van der Waals surface area contributed by atoms with Gasteiger partial charge in [-0.05, 0) is 69.0 Å². The number of nitrogens with one attached hydrogen (secondary N) is 1. The molecule has 2 aromatic rings. The molecule has 0 aromatic heterocycles. The van der Waals surface area contributed by atoms with Gasteiger partial charge in [0.25, 0.3) is 11.5 Å². The number of nitrogens with zero attached hydrogens (tertiary/aromatic N) is 1. The Kier molecular flexibility index (Phi) is 7.44. The highest BCUT2D eigenvalue weighted by Gasteiger charge is 2.58. The second kappa shape index (κ2) is 9.96. The Morgan fingerprint density at radius 1 is 1.13 bits per heavy atom. The molecule has 212 valence electrons. The van der Waals surface area contributed by atoms with Crippen molar-refractivity contribution >= 4 is 23.2 Å². The average molecular weight is 581 g/mol. The minimum Gasteiger partial charge on any atom is -0.380 e. The van der Waals surface area contributed by atoms with Crippen LogP contribution in [0.2, 0.25) is 5.02 Å². The number of hydrogen-bond donors (Lipinski definition) is 1. The van der Waals surface area contributed by atoms with Crippen molar-refractivity contribution in [3.63, 3.8) is 0 Å². The largest absolute Gasteiger partial charge is 0.435 e. The molecule has 1 aliphatic carbocycles. The van der Waals surface area contributed by atoms with E-state index in [0.717, 1.165) is 12.8 Å². The molecule has 5 nitrogen and oxygen atoms in total. The highest BCUT2D eigenvalue weighted by Crippen LogP contribution is 2.47. The van der Waals surface area contributed by atoms with Crippen LogP contribution in [0.25, 0.3) is 0 Å². The normalized spacial score (nSPS) is 19.2. The van der Waals surface area contributed by atoms with Gasteiger partial charge in [0, 0.05) is 22.6 Å². The molecular weight excluding hydrogens is 557 g/mol. The van der Waals surface area contributed by atoms with Crippen LogP contribution >= 0.6 is 11.6 Å². The zero-order valence-electron chi connectivity index (χ0n) is 21.0. The molecule has 0 radical (unpaired) electrons. The molecule has 1 heterocycles. The first kappa shape index (κ1) is 29.1. The smallest absolute Gasteiger partial charge is 0.380 e. The average Bonchev–Trinajstić information content (AvgIpc) is 2.77. The van der Waals surface area contributed by atoms with E-state index >= 15 is 0 Å². The summed E-state index contributed by atoms with van der Waals surface area (Å²) in [6.07, 6.45) is -8.81. The minimum absolute atomic E-state index is 0.000949. The van der Waals surface area contributed by atoms with Gasteiger partial charge in [-0.25, -0.2) is 4.39 Å². The van der Waals surface area contributed by atoms with Crippen LogP contribution in [0.3, 0.4) is 0 Å². The van der Waals surface area contributed by atoms with Gasteiger partial charge in [0.15, 0.2) is 0 Å². The Balaban J connectivity index is 1.56. The number of amides is 1. The number of rotatable bonds is 6. The fourth-order valence-corrected chi connectivity index (χ4v) is 4.91. The van der Waals surface area contributed by atoms with Crippen LogP contribution in [-0.2, 0) is 21.4 Å². The second-order valence-corrected chi connectivity index (χ2v) is 10.6. The molecule has 1 atom stereocenters. The Labute approximate surface area is 224 Å². The van der Waals surface area contributed by atoms with E-state index < -0.39 is 39.9 Å². The highest BCUT2D eigenvalue weighted by molar-refractivity contribution is 6.30. The molecule has 1 amide bonds. The van der Waals surface area contributed by atoms with E-state index in [2.05, 4.69) is 10.5 Å². The minimum atomic E-state index is -5.38. The zero-order valence-corrected chi connectivity index (χ0v) is 21.7. The molecule has 1 unspecified atom stereocenters. The first-order chi connectivity index (χ1) is 18.0. The topological polar surface area (TPSA) is 59.9 Å². The van der Waals surface area contributed by atoms with E-state index in [0.29, 0.717) is 31.3 Å². The van der Waals surface area contributed by atoms with E-state index in [1.807, 2.05) is 0 Å². The number of carbonyl (C=O) groups excluding carboxylic acids is 1. The summed E-state index contributed by atoms with van der Waals surface area (Å²) in [5.41, 5.74) is -5.43. The standard InChI is InChI=1S/C26H24ClF7N2O3/c1-13-6-15(4-5-18(13)22(37)35-17-9-24(10-17)11-38-12-24)14(2)36-39-23(3,26(32,33)34)19-7-16(25(29,30)31)8-20(27)21(19)28/h4-8,17H,9-12H2,1-3H3,(H,35,37)/b36-14+. The number of aryl methyl sites for hydroxylation is 1.